The number of carboxylic acid groups (broad SMARTS) is 1. The quantitative estimate of drug-likeness (QED) is 0.495. The van der Waals surface area contributed by atoms with Crippen LogP contribution in [0.15, 0.2) is 12.2 Å². The van der Waals surface area contributed by atoms with Crippen LogP contribution in [0, 0.1) is 0 Å². The molecule has 0 amide bonds. The molecule has 0 aliphatic heterocycles. The number of ether oxygens (including phenoxy) is 1. The zero-order valence-corrected chi connectivity index (χ0v) is 8.19. The van der Waals surface area contributed by atoms with Crippen molar-refractivity contribution in [2.24, 2.45) is 0 Å². The van der Waals surface area contributed by atoms with E-state index in [2.05, 4.69) is 6.58 Å². The van der Waals surface area contributed by atoms with Gasteiger partial charge in [0.15, 0.2) is 6.10 Å². The average molecular weight is 202 g/mol. The number of aliphatic hydroxyl groups excluding tert-OH is 1. The Balaban J connectivity index is 4.26. The van der Waals surface area contributed by atoms with E-state index in [1.165, 1.54) is 0 Å². The lowest BCUT2D eigenvalue weighted by Gasteiger charge is -2.14. The molecular formula is C9H14O5. The largest absolute Gasteiger partial charge is 0.478 e. The van der Waals surface area contributed by atoms with E-state index in [1.54, 1.807) is 13.8 Å². The highest BCUT2D eigenvalue weighted by Gasteiger charge is 2.25. The van der Waals surface area contributed by atoms with E-state index in [0.29, 0.717) is 6.42 Å². The molecule has 2 atom stereocenters. The molecule has 0 bridgehead atoms. The molecule has 0 aromatic rings. The molecule has 0 saturated carbocycles. The van der Waals surface area contributed by atoms with Crippen LogP contribution in [0.25, 0.3) is 0 Å². The Bertz CT molecular complexity index is 246. The number of esters is 1. The SMILES string of the molecule is C=C(C(=O)O)C(O)C(=O)OC(C)CC. The van der Waals surface area contributed by atoms with Crippen LogP contribution < -0.4 is 0 Å². The predicted octanol–water partition coefficient (Wildman–Crippen LogP) is 0.330. The highest BCUT2D eigenvalue weighted by Crippen LogP contribution is 2.05. The zero-order chi connectivity index (χ0) is 11.3. The molecule has 0 spiro atoms. The lowest BCUT2D eigenvalue weighted by molar-refractivity contribution is -0.158. The molecule has 14 heavy (non-hydrogen) atoms. The van der Waals surface area contributed by atoms with Gasteiger partial charge >= 0.3 is 11.9 Å². The second-order valence-corrected chi connectivity index (χ2v) is 2.89. The van der Waals surface area contributed by atoms with E-state index < -0.39 is 23.6 Å². The monoisotopic (exact) mass is 202 g/mol. The average Bonchev–Trinajstić information content (AvgIpc) is 2.14. The van der Waals surface area contributed by atoms with Crippen molar-refractivity contribution in [2.75, 3.05) is 0 Å². The van der Waals surface area contributed by atoms with E-state index in [0.717, 1.165) is 0 Å². The maximum atomic E-state index is 11.1. The van der Waals surface area contributed by atoms with Gasteiger partial charge in [0.25, 0.3) is 0 Å². The Morgan fingerprint density at radius 1 is 1.50 bits per heavy atom. The smallest absolute Gasteiger partial charge is 0.340 e. The predicted molar refractivity (Wildman–Crippen MR) is 48.6 cm³/mol. The number of hydrogen-bond acceptors (Lipinski definition) is 4. The van der Waals surface area contributed by atoms with Gasteiger partial charge in [-0.3, -0.25) is 0 Å². The van der Waals surface area contributed by atoms with Crippen LogP contribution in [0.2, 0.25) is 0 Å². The van der Waals surface area contributed by atoms with Gasteiger partial charge in [0.05, 0.1) is 11.7 Å². The van der Waals surface area contributed by atoms with E-state index in [1.807, 2.05) is 0 Å². The first-order valence-electron chi connectivity index (χ1n) is 4.20. The van der Waals surface area contributed by atoms with Gasteiger partial charge in [0.1, 0.15) is 0 Å². The Kier molecular flexibility index (Phi) is 4.86. The summed E-state index contributed by atoms with van der Waals surface area (Å²) in [6.45, 7) is 6.51. The first kappa shape index (κ1) is 12.6. The number of carbonyl (C=O) groups is 2. The number of hydrogen-bond donors (Lipinski definition) is 2. The molecule has 0 aromatic heterocycles. The van der Waals surface area contributed by atoms with Crippen LogP contribution >= 0.6 is 0 Å². The second-order valence-electron chi connectivity index (χ2n) is 2.89. The highest BCUT2D eigenvalue weighted by atomic mass is 16.6. The molecular weight excluding hydrogens is 188 g/mol. The van der Waals surface area contributed by atoms with Gasteiger partial charge in [0, 0.05) is 0 Å². The van der Waals surface area contributed by atoms with E-state index >= 15 is 0 Å². The van der Waals surface area contributed by atoms with Crippen molar-refractivity contribution in [3.05, 3.63) is 12.2 Å². The topological polar surface area (TPSA) is 83.8 Å². The molecule has 0 radical (unpaired) electrons. The summed E-state index contributed by atoms with van der Waals surface area (Å²) in [5.74, 6) is -2.40. The molecule has 2 unspecified atom stereocenters. The Hall–Kier alpha value is -1.36. The van der Waals surface area contributed by atoms with E-state index in [-0.39, 0.29) is 6.10 Å². The highest BCUT2D eigenvalue weighted by molar-refractivity contribution is 5.95. The van der Waals surface area contributed by atoms with Crippen molar-refractivity contribution in [1.82, 2.24) is 0 Å². The maximum Gasteiger partial charge on any atom is 0.340 e. The fraction of sp³-hybridized carbons (Fsp3) is 0.556. The van der Waals surface area contributed by atoms with Crippen molar-refractivity contribution >= 4 is 11.9 Å². The molecule has 80 valence electrons. The summed E-state index contributed by atoms with van der Waals surface area (Å²) in [7, 11) is 0. The van der Waals surface area contributed by atoms with Gasteiger partial charge in [-0.25, -0.2) is 9.59 Å². The molecule has 0 heterocycles. The number of carboxylic acids is 1. The van der Waals surface area contributed by atoms with Crippen LogP contribution in [0.5, 0.6) is 0 Å². The van der Waals surface area contributed by atoms with Gasteiger partial charge < -0.3 is 14.9 Å². The summed E-state index contributed by atoms with van der Waals surface area (Å²) in [4.78, 5) is 21.4. The summed E-state index contributed by atoms with van der Waals surface area (Å²) in [6.07, 6.45) is -1.54. The van der Waals surface area contributed by atoms with Gasteiger partial charge in [-0.15, -0.1) is 0 Å². The Morgan fingerprint density at radius 3 is 2.36 bits per heavy atom. The minimum atomic E-state index is -1.79. The standard InChI is InChI=1S/C9H14O5/c1-4-5(2)14-9(13)7(10)6(3)8(11)12/h5,7,10H,3-4H2,1-2H3,(H,11,12). The number of rotatable bonds is 5. The lowest BCUT2D eigenvalue weighted by Crippen LogP contribution is -2.30. The Labute approximate surface area is 82.0 Å². The number of aliphatic carboxylic acids is 1. The molecule has 0 aliphatic rings. The van der Waals surface area contributed by atoms with Gasteiger partial charge in [-0.05, 0) is 13.3 Å². The zero-order valence-electron chi connectivity index (χ0n) is 8.19. The van der Waals surface area contributed by atoms with Crippen molar-refractivity contribution < 1.29 is 24.5 Å². The van der Waals surface area contributed by atoms with Crippen LogP contribution in [0.3, 0.4) is 0 Å². The van der Waals surface area contributed by atoms with Crippen LogP contribution in [0.1, 0.15) is 20.3 Å². The van der Waals surface area contributed by atoms with Crippen molar-refractivity contribution in [2.45, 2.75) is 32.5 Å². The normalized spacial score (nSPS) is 14.2. The van der Waals surface area contributed by atoms with E-state index in [9.17, 15) is 9.59 Å². The fourth-order valence-electron chi connectivity index (χ4n) is 0.605. The van der Waals surface area contributed by atoms with Crippen molar-refractivity contribution in [1.29, 1.82) is 0 Å². The minimum Gasteiger partial charge on any atom is -0.478 e. The van der Waals surface area contributed by atoms with Crippen LogP contribution in [-0.4, -0.2) is 34.4 Å². The van der Waals surface area contributed by atoms with Crippen molar-refractivity contribution in [3.8, 4) is 0 Å². The first-order chi connectivity index (χ1) is 6.40. The summed E-state index contributed by atoms with van der Waals surface area (Å²) in [5, 5.41) is 17.6. The molecule has 0 aliphatic carbocycles. The summed E-state index contributed by atoms with van der Waals surface area (Å²) in [6, 6.07) is 0. The number of aliphatic hydroxyl groups is 1. The second kappa shape index (κ2) is 5.39. The van der Waals surface area contributed by atoms with Gasteiger partial charge in [0.2, 0.25) is 0 Å². The molecule has 0 aromatic carbocycles. The third kappa shape index (κ3) is 3.57. The van der Waals surface area contributed by atoms with Gasteiger partial charge in [-0.1, -0.05) is 13.5 Å². The van der Waals surface area contributed by atoms with Gasteiger partial charge in [-0.2, -0.15) is 0 Å². The Morgan fingerprint density at radius 2 is 2.00 bits per heavy atom. The fourth-order valence-corrected chi connectivity index (χ4v) is 0.605. The summed E-state index contributed by atoms with van der Waals surface area (Å²) < 4.78 is 4.72. The lowest BCUT2D eigenvalue weighted by atomic mass is 10.2. The third-order valence-electron chi connectivity index (χ3n) is 1.72. The first-order valence-corrected chi connectivity index (χ1v) is 4.20. The summed E-state index contributed by atoms with van der Waals surface area (Å²) in [5.41, 5.74) is -0.585. The van der Waals surface area contributed by atoms with E-state index in [4.69, 9.17) is 14.9 Å². The molecule has 0 saturated heterocycles. The molecule has 0 fully saturated rings. The molecule has 5 heteroatoms. The number of carbonyl (C=O) groups excluding carboxylic acids is 1. The summed E-state index contributed by atoms with van der Waals surface area (Å²) >= 11 is 0. The third-order valence-corrected chi connectivity index (χ3v) is 1.72. The van der Waals surface area contributed by atoms with Crippen LogP contribution in [-0.2, 0) is 14.3 Å². The van der Waals surface area contributed by atoms with Crippen LogP contribution in [0.4, 0.5) is 0 Å². The minimum absolute atomic E-state index is 0.348. The molecule has 0 rings (SSSR count). The molecule has 2 N–H and O–H groups in total. The maximum absolute atomic E-state index is 11.1. The molecule has 5 nitrogen and oxygen atoms in total. The van der Waals surface area contributed by atoms with Crippen molar-refractivity contribution in [3.63, 3.8) is 0 Å².